The van der Waals surface area contributed by atoms with E-state index in [0.717, 1.165) is 32.8 Å². The van der Waals surface area contributed by atoms with E-state index < -0.39 is 0 Å². The Labute approximate surface area is 119 Å². The van der Waals surface area contributed by atoms with E-state index in [9.17, 15) is 0 Å². The summed E-state index contributed by atoms with van der Waals surface area (Å²) in [7, 11) is 4.00. The van der Waals surface area contributed by atoms with Crippen LogP contribution < -0.4 is 5.73 Å². The first kappa shape index (κ1) is 16.9. The molecule has 0 aromatic carbocycles. The van der Waals surface area contributed by atoms with E-state index in [2.05, 4.69) is 30.7 Å². The molecule has 0 amide bonds. The molecule has 1 atom stereocenters. The molecule has 4 nitrogen and oxygen atoms in total. The SMILES string of the molecule is COCCN(CC(C)C)C1(CN)CCCN(C)CC1. The molecule has 19 heavy (non-hydrogen) atoms. The molecular weight excluding hydrogens is 238 g/mol. The highest BCUT2D eigenvalue weighted by Gasteiger charge is 2.36. The number of ether oxygens (including phenoxy) is 1. The van der Waals surface area contributed by atoms with Crippen LogP contribution in [0.1, 0.15) is 33.1 Å². The first-order valence-electron chi connectivity index (χ1n) is 7.66. The van der Waals surface area contributed by atoms with Crippen molar-refractivity contribution in [2.75, 3.05) is 53.5 Å². The average Bonchev–Trinajstić information content (AvgIpc) is 2.57. The van der Waals surface area contributed by atoms with Crippen LogP contribution in [0.5, 0.6) is 0 Å². The summed E-state index contributed by atoms with van der Waals surface area (Å²) in [6.07, 6.45) is 3.63. The molecule has 1 rings (SSSR count). The molecule has 2 N–H and O–H groups in total. The van der Waals surface area contributed by atoms with Crippen LogP contribution in [-0.2, 0) is 4.74 Å². The van der Waals surface area contributed by atoms with Gasteiger partial charge in [-0.05, 0) is 45.3 Å². The molecule has 0 bridgehead atoms. The predicted octanol–water partition coefficient (Wildman–Crippen LogP) is 1.40. The average molecular weight is 271 g/mol. The third-order valence-corrected chi connectivity index (χ3v) is 4.34. The first-order chi connectivity index (χ1) is 9.04. The van der Waals surface area contributed by atoms with Gasteiger partial charge in [-0.15, -0.1) is 0 Å². The highest BCUT2D eigenvalue weighted by atomic mass is 16.5. The van der Waals surface area contributed by atoms with Crippen LogP contribution >= 0.6 is 0 Å². The summed E-state index contributed by atoms with van der Waals surface area (Å²) in [5.74, 6) is 0.668. The van der Waals surface area contributed by atoms with Gasteiger partial charge in [0.05, 0.1) is 6.61 Å². The molecule has 4 heteroatoms. The molecule has 1 saturated heterocycles. The zero-order chi connectivity index (χ0) is 14.3. The van der Waals surface area contributed by atoms with Gasteiger partial charge < -0.3 is 15.4 Å². The van der Waals surface area contributed by atoms with Gasteiger partial charge in [-0.1, -0.05) is 13.8 Å². The maximum atomic E-state index is 6.20. The summed E-state index contributed by atoms with van der Waals surface area (Å²) < 4.78 is 5.29. The van der Waals surface area contributed by atoms with Crippen molar-refractivity contribution in [2.24, 2.45) is 11.7 Å². The Balaban J connectivity index is 2.78. The van der Waals surface area contributed by atoms with Crippen molar-refractivity contribution in [3.63, 3.8) is 0 Å². The third kappa shape index (κ3) is 5.03. The first-order valence-corrected chi connectivity index (χ1v) is 7.66. The van der Waals surface area contributed by atoms with Gasteiger partial charge in [-0.2, -0.15) is 0 Å². The van der Waals surface area contributed by atoms with Crippen LogP contribution in [0.15, 0.2) is 0 Å². The predicted molar refractivity (Wildman–Crippen MR) is 81.4 cm³/mol. The smallest absolute Gasteiger partial charge is 0.0589 e. The Hall–Kier alpha value is -0.160. The Morgan fingerprint density at radius 1 is 1.32 bits per heavy atom. The summed E-state index contributed by atoms with van der Waals surface area (Å²) >= 11 is 0. The molecule has 0 spiro atoms. The van der Waals surface area contributed by atoms with Crippen molar-refractivity contribution in [1.29, 1.82) is 0 Å². The minimum absolute atomic E-state index is 0.174. The molecule has 0 radical (unpaired) electrons. The number of methoxy groups -OCH3 is 1. The molecule has 0 aliphatic carbocycles. The molecule has 1 fully saturated rings. The number of rotatable bonds is 7. The summed E-state index contributed by atoms with van der Waals surface area (Å²) in [5, 5.41) is 0. The van der Waals surface area contributed by atoms with E-state index in [1.807, 2.05) is 0 Å². The Kier molecular flexibility index (Phi) is 7.29. The lowest BCUT2D eigenvalue weighted by Crippen LogP contribution is -2.56. The van der Waals surface area contributed by atoms with E-state index in [-0.39, 0.29) is 5.54 Å². The summed E-state index contributed by atoms with van der Waals surface area (Å²) in [6.45, 7) is 10.6. The molecule has 1 aliphatic rings. The van der Waals surface area contributed by atoms with Gasteiger partial charge in [-0.3, -0.25) is 4.90 Å². The number of likely N-dealkylation sites (tertiary alicyclic amines) is 1. The van der Waals surface area contributed by atoms with E-state index in [1.165, 1.54) is 25.8 Å². The van der Waals surface area contributed by atoms with Gasteiger partial charge in [0.1, 0.15) is 0 Å². The van der Waals surface area contributed by atoms with Crippen molar-refractivity contribution < 1.29 is 4.74 Å². The van der Waals surface area contributed by atoms with Gasteiger partial charge in [0.15, 0.2) is 0 Å². The van der Waals surface area contributed by atoms with Crippen LogP contribution in [0.2, 0.25) is 0 Å². The number of nitrogens with zero attached hydrogens (tertiary/aromatic N) is 2. The van der Waals surface area contributed by atoms with E-state index in [0.29, 0.717) is 5.92 Å². The molecule has 1 unspecified atom stereocenters. The lowest BCUT2D eigenvalue weighted by molar-refractivity contribution is 0.0399. The van der Waals surface area contributed by atoms with Gasteiger partial charge in [0.2, 0.25) is 0 Å². The van der Waals surface area contributed by atoms with Crippen LogP contribution in [-0.4, -0.2) is 68.8 Å². The van der Waals surface area contributed by atoms with Crippen molar-refractivity contribution in [3.05, 3.63) is 0 Å². The molecule has 0 saturated carbocycles. The van der Waals surface area contributed by atoms with Crippen molar-refractivity contribution in [1.82, 2.24) is 9.80 Å². The summed E-state index contributed by atoms with van der Waals surface area (Å²) in [6, 6.07) is 0. The van der Waals surface area contributed by atoms with Crippen LogP contribution in [0.3, 0.4) is 0 Å². The van der Waals surface area contributed by atoms with Crippen molar-refractivity contribution >= 4 is 0 Å². The van der Waals surface area contributed by atoms with Crippen molar-refractivity contribution in [3.8, 4) is 0 Å². The maximum absolute atomic E-state index is 6.20. The molecular formula is C15H33N3O. The molecule has 0 aromatic heterocycles. The topological polar surface area (TPSA) is 41.7 Å². The van der Waals surface area contributed by atoms with Crippen LogP contribution in [0.25, 0.3) is 0 Å². The van der Waals surface area contributed by atoms with E-state index in [1.54, 1.807) is 7.11 Å². The largest absolute Gasteiger partial charge is 0.383 e. The van der Waals surface area contributed by atoms with Crippen LogP contribution in [0.4, 0.5) is 0 Å². The molecule has 114 valence electrons. The summed E-state index contributed by atoms with van der Waals surface area (Å²) in [4.78, 5) is 5.03. The van der Waals surface area contributed by atoms with Crippen molar-refractivity contribution in [2.45, 2.75) is 38.6 Å². The van der Waals surface area contributed by atoms with E-state index >= 15 is 0 Å². The minimum atomic E-state index is 0.174. The van der Waals surface area contributed by atoms with Gasteiger partial charge in [-0.25, -0.2) is 0 Å². The second-order valence-corrected chi connectivity index (χ2v) is 6.42. The van der Waals surface area contributed by atoms with Gasteiger partial charge in [0, 0.05) is 32.3 Å². The normalized spacial score (nSPS) is 26.1. The van der Waals surface area contributed by atoms with Crippen LogP contribution in [0, 0.1) is 5.92 Å². The highest BCUT2D eigenvalue weighted by molar-refractivity contribution is 4.94. The zero-order valence-electron chi connectivity index (χ0n) is 13.3. The zero-order valence-corrected chi connectivity index (χ0v) is 13.3. The number of nitrogens with two attached hydrogens (primary N) is 1. The lowest BCUT2D eigenvalue weighted by Gasteiger charge is -2.44. The molecule has 1 heterocycles. The van der Waals surface area contributed by atoms with Gasteiger partial charge in [0.25, 0.3) is 0 Å². The third-order valence-electron chi connectivity index (χ3n) is 4.34. The number of hydrogen-bond acceptors (Lipinski definition) is 4. The highest BCUT2D eigenvalue weighted by Crippen LogP contribution is 2.28. The Bertz CT molecular complexity index is 248. The monoisotopic (exact) mass is 271 g/mol. The van der Waals surface area contributed by atoms with Gasteiger partial charge >= 0.3 is 0 Å². The second-order valence-electron chi connectivity index (χ2n) is 6.42. The fraction of sp³-hybridized carbons (Fsp3) is 1.00. The number of hydrogen-bond donors (Lipinski definition) is 1. The van der Waals surface area contributed by atoms with E-state index in [4.69, 9.17) is 10.5 Å². The minimum Gasteiger partial charge on any atom is -0.383 e. The Morgan fingerprint density at radius 3 is 2.63 bits per heavy atom. The second kappa shape index (κ2) is 8.20. The standard InChI is InChI=1S/C15H33N3O/c1-14(2)12-18(10-11-19-4)15(13-16)6-5-8-17(3)9-7-15/h14H,5-13,16H2,1-4H3. The summed E-state index contributed by atoms with van der Waals surface area (Å²) in [5.41, 5.74) is 6.37. The lowest BCUT2D eigenvalue weighted by atomic mass is 9.87. The quantitative estimate of drug-likeness (QED) is 0.760. The molecule has 0 aromatic rings. The Morgan fingerprint density at radius 2 is 2.05 bits per heavy atom. The fourth-order valence-electron chi connectivity index (χ4n) is 3.13. The fourth-order valence-corrected chi connectivity index (χ4v) is 3.13. The maximum Gasteiger partial charge on any atom is 0.0589 e. The molecule has 1 aliphatic heterocycles.